The van der Waals surface area contributed by atoms with Crippen LogP contribution in [0.4, 0.5) is 4.79 Å². The average Bonchev–Trinajstić information content (AvgIpc) is 3.34. The second-order valence-corrected chi connectivity index (χ2v) is 8.50. The van der Waals surface area contributed by atoms with E-state index in [-0.39, 0.29) is 11.9 Å². The third-order valence-electron chi connectivity index (χ3n) is 6.63. The minimum atomic E-state index is -0.614. The van der Waals surface area contributed by atoms with Crippen molar-refractivity contribution in [3.8, 4) is 0 Å². The van der Waals surface area contributed by atoms with Crippen molar-refractivity contribution < 1.29 is 9.90 Å². The van der Waals surface area contributed by atoms with Crippen LogP contribution in [-0.2, 0) is 13.1 Å². The molecule has 3 aliphatic heterocycles. The molecule has 4 rings (SSSR count). The summed E-state index contributed by atoms with van der Waals surface area (Å²) in [4.78, 5) is 23.7. The zero-order valence-electron chi connectivity index (χ0n) is 16.5. The van der Waals surface area contributed by atoms with Crippen LogP contribution in [0.15, 0.2) is 12.4 Å². The van der Waals surface area contributed by atoms with E-state index in [0.717, 1.165) is 70.8 Å². The van der Waals surface area contributed by atoms with Crippen LogP contribution in [0.5, 0.6) is 0 Å². The Morgan fingerprint density at radius 3 is 2.74 bits per heavy atom. The summed E-state index contributed by atoms with van der Waals surface area (Å²) in [6.45, 7) is 8.85. The summed E-state index contributed by atoms with van der Waals surface area (Å²) in [6.07, 6.45) is 8.75. The van der Waals surface area contributed by atoms with E-state index in [4.69, 9.17) is 0 Å². The van der Waals surface area contributed by atoms with E-state index in [1.807, 2.05) is 16.0 Å². The van der Waals surface area contributed by atoms with Crippen LogP contribution >= 0.6 is 0 Å². The van der Waals surface area contributed by atoms with Gasteiger partial charge in [-0.25, -0.2) is 9.78 Å². The molecule has 0 bridgehead atoms. The van der Waals surface area contributed by atoms with Gasteiger partial charge in [-0.05, 0) is 32.1 Å². The number of aliphatic hydroxyl groups is 1. The van der Waals surface area contributed by atoms with Gasteiger partial charge >= 0.3 is 6.03 Å². The maximum atomic E-state index is 12.8. The molecule has 1 aromatic heterocycles. The highest BCUT2D eigenvalue weighted by Crippen LogP contribution is 2.36. The highest BCUT2D eigenvalue weighted by atomic mass is 16.3. The van der Waals surface area contributed by atoms with Crippen molar-refractivity contribution >= 4 is 6.03 Å². The number of rotatable bonds is 4. The van der Waals surface area contributed by atoms with Crippen molar-refractivity contribution in [3.63, 3.8) is 0 Å². The Kier molecular flexibility index (Phi) is 5.41. The molecule has 3 aliphatic rings. The summed E-state index contributed by atoms with van der Waals surface area (Å²) in [7, 11) is 0. The van der Waals surface area contributed by atoms with E-state index in [1.54, 1.807) is 0 Å². The van der Waals surface area contributed by atoms with Crippen LogP contribution < -0.4 is 0 Å². The molecular formula is C20H33N5O2. The molecular weight excluding hydrogens is 342 g/mol. The Morgan fingerprint density at radius 2 is 1.96 bits per heavy atom. The second-order valence-electron chi connectivity index (χ2n) is 8.50. The lowest BCUT2D eigenvalue weighted by molar-refractivity contribution is -0.109. The highest BCUT2D eigenvalue weighted by Gasteiger charge is 2.46. The first-order chi connectivity index (χ1) is 13.1. The fraction of sp³-hybridized carbons (Fsp3) is 0.800. The molecule has 0 aliphatic carbocycles. The topological polar surface area (TPSA) is 64.8 Å². The van der Waals surface area contributed by atoms with Gasteiger partial charge in [-0.3, -0.25) is 4.90 Å². The first-order valence-electron chi connectivity index (χ1n) is 10.6. The summed E-state index contributed by atoms with van der Waals surface area (Å²) in [5.74, 6) is 1.23. The molecule has 2 unspecified atom stereocenters. The Labute approximate surface area is 161 Å². The van der Waals surface area contributed by atoms with Gasteiger partial charge in [0.05, 0.1) is 12.1 Å². The van der Waals surface area contributed by atoms with E-state index in [9.17, 15) is 9.90 Å². The van der Waals surface area contributed by atoms with Crippen molar-refractivity contribution in [1.29, 1.82) is 0 Å². The highest BCUT2D eigenvalue weighted by molar-refractivity contribution is 5.74. The number of aromatic nitrogens is 2. The molecule has 4 heterocycles. The molecule has 0 saturated carbocycles. The van der Waals surface area contributed by atoms with Gasteiger partial charge in [0.25, 0.3) is 0 Å². The lowest BCUT2D eigenvalue weighted by Gasteiger charge is -2.50. The maximum Gasteiger partial charge on any atom is 0.320 e. The Balaban J connectivity index is 1.39. The second kappa shape index (κ2) is 7.80. The van der Waals surface area contributed by atoms with Crippen LogP contribution in [0, 0.1) is 5.92 Å². The Morgan fingerprint density at radius 1 is 1.19 bits per heavy atom. The number of hydrogen-bond donors (Lipinski definition) is 1. The number of carbonyl (C=O) groups excluding carboxylic acids is 1. The summed E-state index contributed by atoms with van der Waals surface area (Å²) in [6, 6.07) is 0.171. The largest absolute Gasteiger partial charge is 0.389 e. The van der Waals surface area contributed by atoms with E-state index in [2.05, 4.69) is 27.6 Å². The molecule has 1 aromatic rings. The van der Waals surface area contributed by atoms with Gasteiger partial charge in [0.15, 0.2) is 0 Å². The van der Waals surface area contributed by atoms with Gasteiger partial charge in [-0.2, -0.15) is 0 Å². The molecule has 2 amide bonds. The number of nitrogens with zero attached hydrogens (tertiary/aromatic N) is 5. The molecule has 7 nitrogen and oxygen atoms in total. The number of imidazole rings is 1. The zero-order chi connectivity index (χ0) is 18.9. The van der Waals surface area contributed by atoms with E-state index >= 15 is 0 Å². The monoisotopic (exact) mass is 375 g/mol. The van der Waals surface area contributed by atoms with Crippen LogP contribution in [-0.4, -0.2) is 80.3 Å². The smallest absolute Gasteiger partial charge is 0.320 e. The first kappa shape index (κ1) is 18.7. The fourth-order valence-electron chi connectivity index (χ4n) is 4.93. The van der Waals surface area contributed by atoms with Gasteiger partial charge in [0, 0.05) is 64.1 Å². The van der Waals surface area contributed by atoms with E-state index < -0.39 is 5.60 Å². The van der Waals surface area contributed by atoms with Crippen molar-refractivity contribution in [2.45, 2.75) is 57.7 Å². The van der Waals surface area contributed by atoms with Gasteiger partial charge < -0.3 is 19.5 Å². The summed E-state index contributed by atoms with van der Waals surface area (Å²) >= 11 is 0. The molecule has 0 radical (unpaired) electrons. The minimum absolute atomic E-state index is 0.126. The minimum Gasteiger partial charge on any atom is -0.389 e. The molecule has 150 valence electrons. The molecule has 3 saturated heterocycles. The molecule has 7 heteroatoms. The Bertz CT molecular complexity index is 657. The number of hydrogen-bond acceptors (Lipinski definition) is 4. The molecule has 27 heavy (non-hydrogen) atoms. The summed E-state index contributed by atoms with van der Waals surface area (Å²) in [5.41, 5.74) is -0.614. The van der Waals surface area contributed by atoms with Crippen LogP contribution in [0.2, 0.25) is 0 Å². The van der Waals surface area contributed by atoms with Gasteiger partial charge in [-0.1, -0.05) is 6.92 Å². The third kappa shape index (κ3) is 3.85. The number of piperidine rings is 2. The van der Waals surface area contributed by atoms with Gasteiger partial charge in [0.2, 0.25) is 0 Å². The number of aryl methyl sites for hydroxylation is 1. The van der Waals surface area contributed by atoms with Crippen molar-refractivity contribution in [2.24, 2.45) is 5.92 Å². The van der Waals surface area contributed by atoms with E-state index in [0.29, 0.717) is 19.5 Å². The normalized spacial score (nSPS) is 29.2. The van der Waals surface area contributed by atoms with Crippen molar-refractivity contribution in [2.75, 3.05) is 39.3 Å². The lowest BCUT2D eigenvalue weighted by Crippen LogP contribution is -2.61. The lowest BCUT2D eigenvalue weighted by atomic mass is 9.75. The SMILES string of the molecule is CCCn1ccnc1CN1CCC2(O)CCN(C(=O)N3CCCC3)CC2C1. The first-order valence-corrected chi connectivity index (χ1v) is 10.6. The summed E-state index contributed by atoms with van der Waals surface area (Å²) in [5, 5.41) is 11.1. The fourth-order valence-corrected chi connectivity index (χ4v) is 4.93. The van der Waals surface area contributed by atoms with Crippen LogP contribution in [0.3, 0.4) is 0 Å². The number of likely N-dealkylation sites (tertiary alicyclic amines) is 3. The predicted octanol–water partition coefficient (Wildman–Crippen LogP) is 1.77. The van der Waals surface area contributed by atoms with E-state index in [1.165, 1.54) is 0 Å². The average molecular weight is 376 g/mol. The van der Waals surface area contributed by atoms with Crippen molar-refractivity contribution in [3.05, 3.63) is 18.2 Å². The van der Waals surface area contributed by atoms with Crippen molar-refractivity contribution in [1.82, 2.24) is 24.3 Å². The standard InChI is InChI=1S/C20H33N5O2/c1-2-8-23-13-7-21-18(23)16-22-11-5-20(27)6-12-25(15-17(20)14-22)19(26)24-9-3-4-10-24/h7,13,17,27H,2-6,8-12,14-16H2,1H3. The number of amides is 2. The van der Waals surface area contributed by atoms with Crippen LogP contribution in [0.1, 0.15) is 44.9 Å². The zero-order valence-corrected chi connectivity index (χ0v) is 16.5. The number of urea groups is 1. The molecule has 2 atom stereocenters. The number of carbonyl (C=O) groups is 1. The Hall–Kier alpha value is -1.60. The quantitative estimate of drug-likeness (QED) is 0.871. The molecule has 1 N–H and O–H groups in total. The number of fused-ring (bicyclic) bond motifs is 1. The van der Waals surface area contributed by atoms with Gasteiger partial charge in [0.1, 0.15) is 5.82 Å². The predicted molar refractivity (Wildman–Crippen MR) is 103 cm³/mol. The molecule has 3 fully saturated rings. The summed E-state index contributed by atoms with van der Waals surface area (Å²) < 4.78 is 2.23. The molecule has 0 spiro atoms. The molecule has 0 aromatic carbocycles. The third-order valence-corrected chi connectivity index (χ3v) is 6.63. The van der Waals surface area contributed by atoms with Crippen LogP contribution in [0.25, 0.3) is 0 Å². The van der Waals surface area contributed by atoms with Gasteiger partial charge in [-0.15, -0.1) is 0 Å². The maximum absolute atomic E-state index is 12.8.